The van der Waals surface area contributed by atoms with Crippen LogP contribution in [0.5, 0.6) is 0 Å². The number of benzene rings is 1. The van der Waals surface area contributed by atoms with E-state index in [0.29, 0.717) is 12.0 Å². The number of fused-ring (bicyclic) bond motifs is 1. The van der Waals surface area contributed by atoms with Crippen LogP contribution in [0, 0.1) is 6.92 Å². The number of nitrogens with zero attached hydrogens (tertiary/aromatic N) is 2. The van der Waals surface area contributed by atoms with Crippen LogP contribution in [0.15, 0.2) is 18.2 Å². The Labute approximate surface area is 132 Å². The summed E-state index contributed by atoms with van der Waals surface area (Å²) in [6.07, 6.45) is 3.30. The van der Waals surface area contributed by atoms with E-state index in [1.54, 1.807) is 0 Å². The summed E-state index contributed by atoms with van der Waals surface area (Å²) in [6, 6.07) is 6.36. The minimum Gasteiger partial charge on any atom is -0.379 e. The van der Waals surface area contributed by atoms with Gasteiger partial charge in [0.25, 0.3) is 0 Å². The molecule has 0 saturated heterocycles. The van der Waals surface area contributed by atoms with Gasteiger partial charge in [0, 0.05) is 25.5 Å². The zero-order valence-corrected chi connectivity index (χ0v) is 14.0. The van der Waals surface area contributed by atoms with Gasteiger partial charge < -0.3 is 9.30 Å². The number of unbranched alkanes of at least 4 members (excludes halogenated alkanes) is 1. The van der Waals surface area contributed by atoms with Gasteiger partial charge in [-0.2, -0.15) is 0 Å². The maximum absolute atomic E-state index is 5.92. The van der Waals surface area contributed by atoms with Gasteiger partial charge in [0.05, 0.1) is 17.1 Å². The van der Waals surface area contributed by atoms with E-state index < -0.39 is 0 Å². The lowest BCUT2D eigenvalue weighted by Gasteiger charge is -2.10. The maximum Gasteiger partial charge on any atom is 0.111 e. The topological polar surface area (TPSA) is 27.1 Å². The van der Waals surface area contributed by atoms with E-state index in [4.69, 9.17) is 21.3 Å². The standard InChI is InChI=1S/C17H25ClN2O/c1-13(2)21-12-5-4-11-20-15-8-6-7-14(3)17(15)19-16(20)9-10-18/h6-8,13H,4-5,9-12H2,1-3H3. The number of ether oxygens (including phenoxy) is 1. The highest BCUT2D eigenvalue weighted by Gasteiger charge is 2.11. The van der Waals surface area contributed by atoms with Gasteiger partial charge >= 0.3 is 0 Å². The maximum atomic E-state index is 5.92. The third kappa shape index (κ3) is 4.21. The highest BCUT2D eigenvalue weighted by Crippen LogP contribution is 2.21. The van der Waals surface area contributed by atoms with Crippen LogP contribution >= 0.6 is 11.6 Å². The molecule has 2 rings (SSSR count). The molecule has 0 spiro atoms. The molecule has 0 radical (unpaired) electrons. The van der Waals surface area contributed by atoms with Crippen molar-refractivity contribution in [1.29, 1.82) is 0 Å². The average Bonchev–Trinajstić information content (AvgIpc) is 2.78. The van der Waals surface area contributed by atoms with Crippen LogP contribution in [0.1, 0.15) is 38.1 Å². The molecular weight excluding hydrogens is 284 g/mol. The monoisotopic (exact) mass is 308 g/mol. The molecule has 116 valence electrons. The zero-order chi connectivity index (χ0) is 15.2. The lowest BCUT2D eigenvalue weighted by Crippen LogP contribution is -2.08. The first kappa shape index (κ1) is 16.3. The lowest BCUT2D eigenvalue weighted by atomic mass is 10.2. The van der Waals surface area contributed by atoms with Crippen LogP contribution in [0.3, 0.4) is 0 Å². The second-order valence-electron chi connectivity index (χ2n) is 5.69. The molecule has 0 aliphatic heterocycles. The minimum absolute atomic E-state index is 0.313. The van der Waals surface area contributed by atoms with Crippen LogP contribution in [-0.2, 0) is 17.7 Å². The fraction of sp³-hybridized carbons (Fsp3) is 0.588. The first-order valence-electron chi connectivity index (χ1n) is 7.75. The summed E-state index contributed by atoms with van der Waals surface area (Å²) in [5, 5.41) is 0. The molecule has 1 heterocycles. The second-order valence-corrected chi connectivity index (χ2v) is 6.07. The Balaban J connectivity index is 2.09. The number of imidazole rings is 1. The molecular formula is C17H25ClN2O. The average molecular weight is 309 g/mol. The van der Waals surface area contributed by atoms with Gasteiger partial charge in [-0.15, -0.1) is 11.6 Å². The SMILES string of the molecule is Cc1cccc2c1nc(CCCl)n2CCCCOC(C)C. The van der Waals surface area contributed by atoms with Crippen LogP contribution in [-0.4, -0.2) is 28.1 Å². The third-order valence-electron chi connectivity index (χ3n) is 3.61. The Morgan fingerprint density at radius 3 is 2.81 bits per heavy atom. The molecule has 0 N–H and O–H groups in total. The first-order chi connectivity index (χ1) is 10.1. The lowest BCUT2D eigenvalue weighted by molar-refractivity contribution is 0.0754. The Bertz CT molecular complexity index is 577. The predicted molar refractivity (Wildman–Crippen MR) is 89.2 cm³/mol. The number of para-hydroxylation sites is 1. The van der Waals surface area contributed by atoms with Crippen LogP contribution in [0.2, 0.25) is 0 Å². The second kappa shape index (κ2) is 7.81. The molecule has 4 heteroatoms. The van der Waals surface area contributed by atoms with Gasteiger partial charge in [0.2, 0.25) is 0 Å². The molecule has 1 aromatic carbocycles. The summed E-state index contributed by atoms with van der Waals surface area (Å²) in [7, 11) is 0. The van der Waals surface area contributed by atoms with Crippen molar-refractivity contribution in [3.8, 4) is 0 Å². The van der Waals surface area contributed by atoms with E-state index in [9.17, 15) is 0 Å². The Morgan fingerprint density at radius 2 is 2.10 bits per heavy atom. The molecule has 0 fully saturated rings. The summed E-state index contributed by atoms with van der Waals surface area (Å²) in [5.74, 6) is 1.71. The molecule has 21 heavy (non-hydrogen) atoms. The Kier molecular flexibility index (Phi) is 6.07. The normalized spacial score (nSPS) is 11.7. The summed E-state index contributed by atoms with van der Waals surface area (Å²) >= 11 is 5.92. The molecule has 2 aromatic rings. The van der Waals surface area contributed by atoms with E-state index in [1.165, 1.54) is 11.1 Å². The van der Waals surface area contributed by atoms with Crippen LogP contribution in [0.4, 0.5) is 0 Å². The van der Waals surface area contributed by atoms with Gasteiger partial charge in [-0.1, -0.05) is 12.1 Å². The van der Waals surface area contributed by atoms with Crippen molar-refractivity contribution >= 4 is 22.6 Å². The van der Waals surface area contributed by atoms with Gasteiger partial charge in [-0.25, -0.2) is 4.98 Å². The smallest absolute Gasteiger partial charge is 0.111 e. The predicted octanol–water partition coefficient (Wildman–Crippen LogP) is 4.33. The third-order valence-corrected chi connectivity index (χ3v) is 3.79. The number of aromatic nitrogens is 2. The molecule has 0 atom stereocenters. The Morgan fingerprint density at radius 1 is 1.29 bits per heavy atom. The summed E-state index contributed by atoms with van der Waals surface area (Å²) < 4.78 is 7.92. The number of rotatable bonds is 8. The van der Waals surface area contributed by atoms with Crippen molar-refractivity contribution in [3.05, 3.63) is 29.6 Å². The van der Waals surface area contributed by atoms with Crippen molar-refractivity contribution < 1.29 is 4.74 Å². The van der Waals surface area contributed by atoms with Gasteiger partial charge in [-0.05, 0) is 45.2 Å². The van der Waals surface area contributed by atoms with Crippen molar-refractivity contribution in [3.63, 3.8) is 0 Å². The van der Waals surface area contributed by atoms with Crippen LogP contribution in [0.25, 0.3) is 11.0 Å². The molecule has 0 bridgehead atoms. The van der Waals surface area contributed by atoms with E-state index in [-0.39, 0.29) is 0 Å². The molecule has 0 aliphatic rings. The van der Waals surface area contributed by atoms with Gasteiger partial charge in [0.15, 0.2) is 0 Å². The highest BCUT2D eigenvalue weighted by atomic mass is 35.5. The summed E-state index contributed by atoms with van der Waals surface area (Å²) in [6.45, 7) is 8.07. The van der Waals surface area contributed by atoms with Crippen molar-refractivity contribution in [2.75, 3.05) is 12.5 Å². The number of alkyl halides is 1. The molecule has 0 aliphatic carbocycles. The number of aryl methyl sites for hydroxylation is 3. The summed E-state index contributed by atoms with van der Waals surface area (Å²) in [4.78, 5) is 4.78. The summed E-state index contributed by atoms with van der Waals surface area (Å²) in [5.41, 5.74) is 3.56. The van der Waals surface area contributed by atoms with E-state index in [1.807, 2.05) is 0 Å². The quantitative estimate of drug-likeness (QED) is 0.536. The molecule has 0 unspecified atom stereocenters. The zero-order valence-electron chi connectivity index (χ0n) is 13.2. The van der Waals surface area contributed by atoms with E-state index in [2.05, 4.69) is 43.5 Å². The van der Waals surface area contributed by atoms with Gasteiger partial charge in [-0.3, -0.25) is 0 Å². The number of halogens is 1. The minimum atomic E-state index is 0.313. The fourth-order valence-corrected chi connectivity index (χ4v) is 2.72. The van der Waals surface area contributed by atoms with Crippen molar-refractivity contribution in [2.45, 2.75) is 52.7 Å². The first-order valence-corrected chi connectivity index (χ1v) is 8.29. The molecule has 0 saturated carbocycles. The van der Waals surface area contributed by atoms with Crippen molar-refractivity contribution in [1.82, 2.24) is 9.55 Å². The number of hydrogen-bond acceptors (Lipinski definition) is 2. The fourth-order valence-electron chi connectivity index (χ4n) is 2.55. The van der Waals surface area contributed by atoms with Crippen LogP contribution < -0.4 is 0 Å². The molecule has 1 aromatic heterocycles. The number of hydrogen-bond donors (Lipinski definition) is 0. The molecule has 3 nitrogen and oxygen atoms in total. The van der Waals surface area contributed by atoms with E-state index >= 15 is 0 Å². The van der Waals surface area contributed by atoms with Crippen molar-refractivity contribution in [2.24, 2.45) is 0 Å². The molecule has 0 amide bonds. The van der Waals surface area contributed by atoms with E-state index in [0.717, 1.165) is 43.8 Å². The Hall–Kier alpha value is -1.06. The van der Waals surface area contributed by atoms with Gasteiger partial charge in [0.1, 0.15) is 5.82 Å². The highest BCUT2D eigenvalue weighted by molar-refractivity contribution is 6.17. The largest absolute Gasteiger partial charge is 0.379 e.